The lowest BCUT2D eigenvalue weighted by Crippen LogP contribution is -2.09. The molecular weight excluding hydrogens is 289 g/mol. The highest BCUT2D eigenvalue weighted by atomic mass is 32.2. The first-order valence-electron chi connectivity index (χ1n) is 5.48. The molecule has 4 nitrogen and oxygen atoms in total. The van der Waals surface area contributed by atoms with Gasteiger partial charge in [0.15, 0.2) is 0 Å². The van der Waals surface area contributed by atoms with Gasteiger partial charge in [0.2, 0.25) is 0 Å². The summed E-state index contributed by atoms with van der Waals surface area (Å²) in [4.78, 5) is 3.53. The van der Waals surface area contributed by atoms with Gasteiger partial charge in [0.25, 0.3) is 0 Å². The number of hydrogen-bond acceptors (Lipinski definition) is 4. The molecule has 0 bridgehead atoms. The van der Waals surface area contributed by atoms with E-state index in [4.69, 9.17) is 5.26 Å². The van der Waals surface area contributed by atoms with E-state index < -0.39 is 11.9 Å². The number of nitrogens with zero attached hydrogens (tertiary/aromatic N) is 4. The minimum atomic E-state index is -4.54. The number of rotatable bonds is 2. The Hall–Kier alpha value is -2.01. The highest BCUT2D eigenvalue weighted by Crippen LogP contribution is 2.33. The molecule has 0 aliphatic carbocycles. The van der Waals surface area contributed by atoms with E-state index in [1.54, 1.807) is 20.0 Å². The summed E-state index contributed by atoms with van der Waals surface area (Å²) in [6, 6.07) is 5.49. The summed E-state index contributed by atoms with van der Waals surface area (Å²) in [5.74, 6) is 0. The average Bonchev–Trinajstić information content (AvgIpc) is 2.66. The van der Waals surface area contributed by atoms with Crippen molar-refractivity contribution in [3.63, 3.8) is 0 Å². The van der Waals surface area contributed by atoms with Crippen LogP contribution in [-0.2, 0) is 13.2 Å². The lowest BCUT2D eigenvalue weighted by Gasteiger charge is -2.08. The van der Waals surface area contributed by atoms with Crippen molar-refractivity contribution in [2.75, 3.05) is 0 Å². The Kier molecular flexibility index (Phi) is 3.72. The van der Waals surface area contributed by atoms with E-state index in [9.17, 15) is 13.2 Å². The van der Waals surface area contributed by atoms with Crippen LogP contribution < -0.4 is 0 Å². The van der Waals surface area contributed by atoms with E-state index in [2.05, 4.69) is 10.1 Å². The maximum atomic E-state index is 12.7. The lowest BCUT2D eigenvalue weighted by atomic mass is 10.2. The van der Waals surface area contributed by atoms with Crippen LogP contribution in [-0.4, -0.2) is 14.8 Å². The van der Waals surface area contributed by atoms with Gasteiger partial charge in [-0.3, -0.25) is 4.68 Å². The van der Waals surface area contributed by atoms with Gasteiger partial charge >= 0.3 is 6.18 Å². The fourth-order valence-corrected chi connectivity index (χ4v) is 2.51. The summed E-state index contributed by atoms with van der Waals surface area (Å²) in [5, 5.41) is 13.7. The van der Waals surface area contributed by atoms with Crippen molar-refractivity contribution in [2.45, 2.75) is 23.2 Å². The van der Waals surface area contributed by atoms with Gasteiger partial charge in [-0.25, -0.2) is 4.98 Å². The molecule has 0 aliphatic heterocycles. The minimum absolute atomic E-state index is 0.0188. The summed E-state index contributed by atoms with van der Waals surface area (Å²) in [7, 11) is 1.68. The summed E-state index contributed by atoms with van der Waals surface area (Å²) in [6.07, 6.45) is -4.54. The molecule has 8 heteroatoms. The topological polar surface area (TPSA) is 54.5 Å². The van der Waals surface area contributed by atoms with E-state index >= 15 is 0 Å². The Morgan fingerprint density at radius 2 is 2.05 bits per heavy atom. The highest BCUT2D eigenvalue weighted by molar-refractivity contribution is 7.99. The number of pyridine rings is 1. The fourth-order valence-electron chi connectivity index (χ4n) is 1.54. The van der Waals surface area contributed by atoms with Crippen LogP contribution in [0.15, 0.2) is 28.3 Å². The molecule has 2 aromatic rings. The third kappa shape index (κ3) is 2.93. The quantitative estimate of drug-likeness (QED) is 0.854. The molecule has 20 heavy (non-hydrogen) atoms. The molecule has 2 aromatic heterocycles. The number of hydrogen-bond donors (Lipinski definition) is 0. The summed E-state index contributed by atoms with van der Waals surface area (Å²) in [6.45, 7) is 1.77. The second kappa shape index (κ2) is 5.17. The van der Waals surface area contributed by atoms with Crippen molar-refractivity contribution in [2.24, 2.45) is 7.05 Å². The van der Waals surface area contributed by atoms with E-state index in [1.807, 2.05) is 6.07 Å². The zero-order chi connectivity index (χ0) is 14.9. The minimum Gasteiger partial charge on any atom is -0.261 e. The second-order valence-corrected chi connectivity index (χ2v) is 5.02. The summed E-state index contributed by atoms with van der Waals surface area (Å²) < 4.78 is 39.5. The van der Waals surface area contributed by atoms with Crippen LogP contribution in [0.2, 0.25) is 0 Å². The van der Waals surface area contributed by atoms with Gasteiger partial charge in [-0.05, 0) is 36.9 Å². The van der Waals surface area contributed by atoms with Gasteiger partial charge in [0, 0.05) is 7.05 Å². The Morgan fingerprint density at radius 3 is 2.55 bits per heavy atom. The highest BCUT2D eigenvalue weighted by Gasteiger charge is 2.33. The van der Waals surface area contributed by atoms with Gasteiger partial charge in [-0.15, -0.1) is 0 Å². The first-order valence-corrected chi connectivity index (χ1v) is 6.29. The van der Waals surface area contributed by atoms with E-state index in [0.717, 1.165) is 29.6 Å². The summed E-state index contributed by atoms with van der Waals surface area (Å²) in [5.41, 5.74) is -0.180. The molecule has 0 saturated carbocycles. The van der Waals surface area contributed by atoms with Crippen molar-refractivity contribution in [3.8, 4) is 6.07 Å². The van der Waals surface area contributed by atoms with Crippen LogP contribution in [0.4, 0.5) is 13.2 Å². The Morgan fingerprint density at radius 1 is 1.35 bits per heavy atom. The second-order valence-electron chi connectivity index (χ2n) is 4.01. The van der Waals surface area contributed by atoms with E-state index in [0.29, 0.717) is 5.03 Å². The molecule has 0 saturated heterocycles. The molecule has 0 fully saturated rings. The molecule has 0 amide bonds. The Labute approximate surface area is 117 Å². The molecule has 0 radical (unpaired) electrons. The number of aryl methyl sites for hydroxylation is 2. The van der Waals surface area contributed by atoms with Gasteiger partial charge in [0.1, 0.15) is 21.8 Å². The normalized spacial score (nSPS) is 11.4. The number of alkyl halides is 3. The first kappa shape index (κ1) is 14.4. The maximum absolute atomic E-state index is 12.7. The number of nitriles is 1. The van der Waals surface area contributed by atoms with Crippen LogP contribution >= 0.6 is 11.8 Å². The van der Waals surface area contributed by atoms with E-state index in [-0.39, 0.29) is 10.6 Å². The summed E-state index contributed by atoms with van der Waals surface area (Å²) >= 11 is 0.983. The van der Waals surface area contributed by atoms with Gasteiger partial charge in [-0.2, -0.15) is 23.5 Å². The molecule has 0 unspecified atom stereocenters. The molecule has 0 aromatic carbocycles. The van der Waals surface area contributed by atoms with Crippen LogP contribution in [0.5, 0.6) is 0 Å². The molecule has 0 atom stereocenters. The van der Waals surface area contributed by atoms with E-state index in [1.165, 1.54) is 4.68 Å². The lowest BCUT2D eigenvalue weighted by molar-refractivity contribution is -0.141. The number of aromatic nitrogens is 3. The van der Waals surface area contributed by atoms with Gasteiger partial charge < -0.3 is 0 Å². The Bertz CT molecular complexity index is 685. The van der Waals surface area contributed by atoms with Crippen LogP contribution in [0.25, 0.3) is 0 Å². The van der Waals surface area contributed by atoms with Crippen LogP contribution in [0.3, 0.4) is 0 Å². The molecule has 0 spiro atoms. The van der Waals surface area contributed by atoms with Crippen molar-refractivity contribution in [1.29, 1.82) is 5.26 Å². The molecule has 0 aliphatic rings. The maximum Gasteiger partial charge on any atom is 0.433 e. The first-order chi connectivity index (χ1) is 9.31. The molecule has 0 N–H and O–H groups in total. The zero-order valence-corrected chi connectivity index (χ0v) is 11.4. The smallest absolute Gasteiger partial charge is 0.261 e. The van der Waals surface area contributed by atoms with Crippen molar-refractivity contribution in [1.82, 2.24) is 14.8 Å². The SMILES string of the molecule is Cc1cc(Sc2nc(C(F)(F)F)ccc2C#N)n(C)n1. The number of halogens is 3. The van der Waals surface area contributed by atoms with Crippen molar-refractivity contribution < 1.29 is 13.2 Å². The molecule has 2 heterocycles. The molecule has 2 rings (SSSR count). The van der Waals surface area contributed by atoms with Crippen molar-refractivity contribution >= 4 is 11.8 Å². The zero-order valence-electron chi connectivity index (χ0n) is 10.6. The molecular formula is C12H9F3N4S. The van der Waals surface area contributed by atoms with Crippen LogP contribution in [0.1, 0.15) is 17.0 Å². The standard InChI is InChI=1S/C12H9F3N4S/c1-7-5-10(19(2)18-7)20-11-8(6-16)3-4-9(17-11)12(13,14)15/h3-5H,1-2H3. The molecule has 104 valence electrons. The predicted octanol–water partition coefficient (Wildman–Crippen LogP) is 3.17. The monoisotopic (exact) mass is 298 g/mol. The Balaban J connectivity index is 2.44. The third-order valence-electron chi connectivity index (χ3n) is 2.43. The predicted molar refractivity (Wildman–Crippen MR) is 66.0 cm³/mol. The van der Waals surface area contributed by atoms with Gasteiger partial charge in [-0.1, -0.05) is 0 Å². The van der Waals surface area contributed by atoms with Crippen molar-refractivity contribution in [3.05, 3.63) is 35.2 Å². The average molecular weight is 298 g/mol. The van der Waals surface area contributed by atoms with Gasteiger partial charge in [0.05, 0.1) is 11.3 Å². The van der Waals surface area contributed by atoms with Crippen LogP contribution in [0, 0.1) is 18.3 Å². The fraction of sp³-hybridized carbons (Fsp3) is 0.250. The largest absolute Gasteiger partial charge is 0.433 e. The third-order valence-corrected chi connectivity index (χ3v) is 3.53.